The van der Waals surface area contributed by atoms with Gasteiger partial charge in [-0.1, -0.05) is 13.3 Å². The minimum absolute atomic E-state index is 0.129. The lowest BCUT2D eigenvalue weighted by Gasteiger charge is -2.22. The Morgan fingerprint density at radius 3 is 2.71 bits per heavy atom. The van der Waals surface area contributed by atoms with Crippen LogP contribution in [0.25, 0.3) is 0 Å². The molecular weight excluding hydrogens is 575 g/mol. The molecular formula is C26H42BrFN6O3S. The average molecular weight is 618 g/mol. The zero-order valence-corrected chi connectivity index (χ0v) is 25.0. The highest BCUT2D eigenvalue weighted by molar-refractivity contribution is 9.10. The Labute approximate surface area is 235 Å². The molecule has 0 amide bonds. The van der Waals surface area contributed by atoms with Crippen LogP contribution in [0.2, 0.25) is 0 Å². The number of unbranched alkanes of at least 4 members (excludes halogenated alkanes) is 1. The van der Waals surface area contributed by atoms with E-state index in [1.807, 2.05) is 19.9 Å². The fraction of sp³-hybridized carbons (Fsp3) is 0.577. The summed E-state index contributed by atoms with van der Waals surface area (Å²) in [4.78, 5) is 3.49. The largest absolute Gasteiger partial charge is 0.488 e. The van der Waals surface area contributed by atoms with Gasteiger partial charge in [-0.3, -0.25) is 4.99 Å². The lowest BCUT2D eigenvalue weighted by atomic mass is 10.1. The van der Waals surface area contributed by atoms with E-state index in [9.17, 15) is 12.8 Å². The molecule has 1 aromatic carbocycles. The Morgan fingerprint density at radius 2 is 2.11 bits per heavy atom. The maximum atomic E-state index is 14.2. The van der Waals surface area contributed by atoms with Crippen molar-refractivity contribution in [3.05, 3.63) is 40.3 Å². The zero-order valence-electron chi connectivity index (χ0n) is 22.6. The number of nitrogens with zero attached hydrogens (tertiary/aromatic N) is 3. The lowest BCUT2D eigenvalue weighted by molar-refractivity contribution is 0.342. The highest BCUT2D eigenvalue weighted by atomic mass is 79.9. The molecule has 1 atom stereocenters. The standard InChI is InChI=1S/C26H42BrFN6O3S/c1-5-33(38(4,35)36)13-7-6-8-19(2)32-15-21(14-22(28)16-31-3)18-37-24-12-11-23(26(29)25(24)27)34(30)17-20-9-10-20/h11-12,14,16,19-20,32H,3,5-10,13,15,17-18,29-30H2,1-2,4H3/b21-14-,22-16+. The van der Waals surface area contributed by atoms with Gasteiger partial charge in [-0.2, -0.15) is 0 Å². The molecule has 5 N–H and O–H groups in total. The van der Waals surface area contributed by atoms with Gasteiger partial charge >= 0.3 is 0 Å². The Bertz CT molecular complexity index is 1090. The van der Waals surface area contributed by atoms with E-state index < -0.39 is 15.9 Å². The van der Waals surface area contributed by atoms with Crippen LogP contribution in [0.3, 0.4) is 0 Å². The van der Waals surface area contributed by atoms with E-state index in [-0.39, 0.29) is 12.6 Å². The molecule has 1 aliphatic rings. The Kier molecular flexibility index (Phi) is 13.2. The summed E-state index contributed by atoms with van der Waals surface area (Å²) in [6.45, 7) is 9.43. The minimum atomic E-state index is -3.17. The third-order valence-corrected chi connectivity index (χ3v) is 8.54. The summed E-state index contributed by atoms with van der Waals surface area (Å²) < 4.78 is 45.7. The first kappa shape index (κ1) is 32.2. The first-order chi connectivity index (χ1) is 18.0. The molecule has 0 spiro atoms. The van der Waals surface area contributed by atoms with E-state index in [1.54, 1.807) is 11.1 Å². The molecule has 1 saturated carbocycles. The van der Waals surface area contributed by atoms with Gasteiger partial charge in [-0.05, 0) is 85.0 Å². The number of sulfonamides is 1. The summed E-state index contributed by atoms with van der Waals surface area (Å²) in [6.07, 6.45) is 8.51. The van der Waals surface area contributed by atoms with E-state index in [4.69, 9.17) is 16.3 Å². The Morgan fingerprint density at radius 1 is 1.39 bits per heavy atom. The highest BCUT2D eigenvalue weighted by Gasteiger charge is 2.25. The number of rotatable bonds is 18. The van der Waals surface area contributed by atoms with Crippen LogP contribution < -0.4 is 26.6 Å². The van der Waals surface area contributed by atoms with Gasteiger partial charge in [-0.25, -0.2) is 23.0 Å². The van der Waals surface area contributed by atoms with E-state index in [2.05, 4.69) is 33.0 Å². The fourth-order valence-electron chi connectivity index (χ4n) is 3.94. The number of benzene rings is 1. The van der Waals surface area contributed by atoms with Gasteiger partial charge in [-0.15, -0.1) is 0 Å². The quantitative estimate of drug-likeness (QED) is 0.0558. The van der Waals surface area contributed by atoms with Crippen LogP contribution in [0, 0.1) is 5.92 Å². The van der Waals surface area contributed by atoms with E-state index in [1.165, 1.54) is 29.5 Å². The molecule has 1 aliphatic carbocycles. The molecule has 2 rings (SSSR count). The number of ether oxygens (including phenoxy) is 1. The molecule has 0 heterocycles. The topological polar surface area (TPSA) is 126 Å². The summed E-state index contributed by atoms with van der Waals surface area (Å²) in [5.74, 6) is 6.81. The summed E-state index contributed by atoms with van der Waals surface area (Å²) in [7, 11) is -3.17. The van der Waals surface area contributed by atoms with Crippen molar-refractivity contribution in [2.24, 2.45) is 16.8 Å². The first-order valence-corrected chi connectivity index (χ1v) is 15.5. The summed E-state index contributed by atoms with van der Waals surface area (Å²) in [5, 5.41) is 5.06. The normalized spacial score (nSPS) is 15.6. The van der Waals surface area contributed by atoms with Crippen molar-refractivity contribution in [3.63, 3.8) is 0 Å². The maximum Gasteiger partial charge on any atom is 0.211 e. The third kappa shape index (κ3) is 11.0. The van der Waals surface area contributed by atoms with Crippen molar-refractivity contribution >= 4 is 44.0 Å². The van der Waals surface area contributed by atoms with Crippen molar-refractivity contribution in [2.75, 3.05) is 49.8 Å². The molecule has 0 aromatic heterocycles. The smallest absolute Gasteiger partial charge is 0.211 e. The number of hydrogen-bond acceptors (Lipinski definition) is 8. The monoisotopic (exact) mass is 616 g/mol. The predicted molar refractivity (Wildman–Crippen MR) is 159 cm³/mol. The van der Waals surface area contributed by atoms with Crippen LogP contribution >= 0.6 is 15.9 Å². The van der Waals surface area contributed by atoms with Gasteiger partial charge in [0.25, 0.3) is 0 Å². The number of nitrogen functional groups attached to an aromatic ring is 1. The number of nitrogens with one attached hydrogen (secondary N) is 1. The van der Waals surface area contributed by atoms with Gasteiger partial charge in [0.2, 0.25) is 10.0 Å². The van der Waals surface area contributed by atoms with Gasteiger partial charge in [0.1, 0.15) is 18.2 Å². The van der Waals surface area contributed by atoms with Crippen molar-refractivity contribution in [1.82, 2.24) is 9.62 Å². The molecule has 12 heteroatoms. The van der Waals surface area contributed by atoms with Crippen LogP contribution in [-0.4, -0.2) is 64.5 Å². The van der Waals surface area contributed by atoms with Crippen LogP contribution in [-0.2, 0) is 10.0 Å². The molecule has 9 nitrogen and oxygen atoms in total. The van der Waals surface area contributed by atoms with Gasteiger partial charge in [0, 0.05) is 32.2 Å². The van der Waals surface area contributed by atoms with Gasteiger partial charge in [0.05, 0.1) is 28.3 Å². The predicted octanol–water partition coefficient (Wildman–Crippen LogP) is 4.37. The van der Waals surface area contributed by atoms with E-state index in [0.29, 0.717) is 47.0 Å². The second kappa shape index (κ2) is 15.6. The molecule has 0 aliphatic heterocycles. The molecule has 214 valence electrons. The molecule has 0 saturated heterocycles. The number of aliphatic imine (C=N–C) groups is 1. The maximum absolute atomic E-state index is 14.2. The van der Waals surface area contributed by atoms with Crippen LogP contribution in [0.4, 0.5) is 15.8 Å². The Hall–Kier alpha value is -1.99. The highest BCUT2D eigenvalue weighted by Crippen LogP contribution is 2.39. The fourth-order valence-corrected chi connectivity index (χ4v) is 5.32. The second-order valence-electron chi connectivity index (χ2n) is 9.73. The minimum Gasteiger partial charge on any atom is -0.488 e. The van der Waals surface area contributed by atoms with Crippen LogP contribution in [0.1, 0.15) is 46.0 Å². The van der Waals surface area contributed by atoms with Crippen molar-refractivity contribution in [1.29, 1.82) is 0 Å². The van der Waals surface area contributed by atoms with Gasteiger partial charge < -0.3 is 20.8 Å². The van der Waals surface area contributed by atoms with Crippen molar-refractivity contribution in [3.8, 4) is 5.75 Å². The summed E-state index contributed by atoms with van der Waals surface area (Å²) >= 11 is 3.51. The first-order valence-electron chi connectivity index (χ1n) is 12.9. The van der Waals surface area contributed by atoms with Crippen molar-refractivity contribution < 1.29 is 17.5 Å². The number of halogens is 2. The molecule has 38 heavy (non-hydrogen) atoms. The van der Waals surface area contributed by atoms with Crippen LogP contribution in [0.15, 0.2) is 45.3 Å². The summed E-state index contributed by atoms with van der Waals surface area (Å²) in [5.41, 5.74) is 8.20. The number of nitrogens with two attached hydrogens (primary N) is 2. The zero-order chi connectivity index (χ0) is 28.3. The summed E-state index contributed by atoms with van der Waals surface area (Å²) in [6, 6.07) is 3.76. The number of hydrazine groups is 1. The number of hydrogen-bond donors (Lipinski definition) is 3. The molecule has 0 bridgehead atoms. The average Bonchev–Trinajstić information content (AvgIpc) is 3.66. The molecule has 1 unspecified atom stereocenters. The lowest BCUT2D eigenvalue weighted by Crippen LogP contribution is -2.33. The SMILES string of the molecule is C=N/C=C(F)\C=C(\CNC(C)CCCCN(CC)S(C)(=O)=O)COc1ccc(N(N)CC2CC2)c(N)c1Br. The molecule has 0 radical (unpaired) electrons. The number of anilines is 2. The van der Waals surface area contributed by atoms with E-state index in [0.717, 1.165) is 37.7 Å². The second-order valence-corrected chi connectivity index (χ2v) is 12.5. The van der Waals surface area contributed by atoms with Gasteiger partial charge in [0.15, 0.2) is 0 Å². The Balaban J connectivity index is 1.94. The number of allylic oxidation sites excluding steroid dienone is 2. The van der Waals surface area contributed by atoms with E-state index >= 15 is 0 Å². The third-order valence-electron chi connectivity index (χ3n) is 6.35. The van der Waals surface area contributed by atoms with Crippen LogP contribution in [0.5, 0.6) is 5.75 Å². The molecule has 1 fully saturated rings. The molecule has 1 aromatic rings. The van der Waals surface area contributed by atoms with Crippen molar-refractivity contribution in [2.45, 2.75) is 52.0 Å².